The minimum Gasteiger partial charge on any atom is -0.465 e. The van der Waals surface area contributed by atoms with E-state index >= 15 is 0 Å². The van der Waals surface area contributed by atoms with E-state index in [0.717, 1.165) is 19.3 Å². The predicted octanol–water partition coefficient (Wildman–Crippen LogP) is 2.31. The zero-order valence-electron chi connectivity index (χ0n) is 15.1. The molecule has 26 heavy (non-hydrogen) atoms. The summed E-state index contributed by atoms with van der Waals surface area (Å²) in [4.78, 5) is 39.9. The van der Waals surface area contributed by atoms with Crippen molar-refractivity contribution in [2.45, 2.75) is 38.3 Å². The van der Waals surface area contributed by atoms with Crippen molar-refractivity contribution in [3.05, 3.63) is 35.4 Å². The van der Waals surface area contributed by atoms with E-state index in [1.807, 2.05) is 6.92 Å². The Labute approximate surface area is 152 Å². The number of methoxy groups -OCH3 is 1. The van der Waals surface area contributed by atoms with Gasteiger partial charge in [-0.15, -0.1) is 0 Å². The van der Waals surface area contributed by atoms with Gasteiger partial charge in [0.1, 0.15) is 6.10 Å². The highest BCUT2D eigenvalue weighted by Gasteiger charge is 2.37. The van der Waals surface area contributed by atoms with Crippen LogP contribution in [0.25, 0.3) is 0 Å². The Morgan fingerprint density at radius 3 is 2.54 bits per heavy atom. The first-order chi connectivity index (χ1) is 12.5. The smallest absolute Gasteiger partial charge is 0.410 e. The first-order valence-corrected chi connectivity index (χ1v) is 8.98. The van der Waals surface area contributed by atoms with Crippen molar-refractivity contribution < 1.29 is 23.9 Å². The van der Waals surface area contributed by atoms with Gasteiger partial charge in [0.05, 0.1) is 19.2 Å². The van der Waals surface area contributed by atoms with Gasteiger partial charge in [-0.25, -0.2) is 9.59 Å². The van der Waals surface area contributed by atoms with Crippen LogP contribution in [0.15, 0.2) is 24.3 Å². The van der Waals surface area contributed by atoms with E-state index in [1.165, 1.54) is 7.11 Å². The molecule has 2 heterocycles. The first kappa shape index (κ1) is 18.2. The maximum atomic E-state index is 12.7. The fourth-order valence-corrected chi connectivity index (χ4v) is 3.51. The van der Waals surface area contributed by atoms with Gasteiger partial charge in [-0.05, 0) is 37.5 Å². The Morgan fingerprint density at radius 1 is 1.23 bits per heavy atom. The zero-order chi connectivity index (χ0) is 18.7. The summed E-state index contributed by atoms with van der Waals surface area (Å²) in [7, 11) is 1.31. The van der Waals surface area contributed by atoms with Gasteiger partial charge in [0.15, 0.2) is 0 Å². The van der Waals surface area contributed by atoms with Gasteiger partial charge in [0.25, 0.3) is 5.91 Å². The molecule has 7 heteroatoms. The van der Waals surface area contributed by atoms with E-state index in [2.05, 4.69) is 0 Å². The molecule has 0 aromatic heterocycles. The van der Waals surface area contributed by atoms with Crippen LogP contribution in [0, 0.1) is 0 Å². The molecule has 3 rings (SSSR count). The minimum atomic E-state index is -0.462. The number of piperidine rings is 1. The summed E-state index contributed by atoms with van der Waals surface area (Å²) in [6.07, 6.45) is 2.01. The highest BCUT2D eigenvalue weighted by Crippen LogP contribution is 2.24. The molecule has 1 unspecified atom stereocenters. The average Bonchev–Trinajstić information content (AvgIpc) is 3.07. The van der Waals surface area contributed by atoms with Crippen molar-refractivity contribution in [3.8, 4) is 0 Å². The molecule has 0 N–H and O–H groups in total. The summed E-state index contributed by atoms with van der Waals surface area (Å²) in [5.74, 6) is -0.569. The Balaban J connectivity index is 1.60. The topological polar surface area (TPSA) is 76.2 Å². The third kappa shape index (κ3) is 3.66. The number of cyclic esters (lactones) is 1. The lowest BCUT2D eigenvalue weighted by Crippen LogP contribution is -2.47. The Bertz CT molecular complexity index is 697. The Morgan fingerprint density at radius 2 is 1.92 bits per heavy atom. The molecule has 1 aromatic carbocycles. The van der Waals surface area contributed by atoms with Gasteiger partial charge in [0.2, 0.25) is 0 Å². The van der Waals surface area contributed by atoms with Gasteiger partial charge >= 0.3 is 12.1 Å². The van der Waals surface area contributed by atoms with E-state index in [9.17, 15) is 14.4 Å². The van der Waals surface area contributed by atoms with E-state index in [4.69, 9.17) is 9.47 Å². The van der Waals surface area contributed by atoms with Crippen LogP contribution in [-0.2, 0) is 9.47 Å². The lowest BCUT2D eigenvalue weighted by Gasteiger charge is -2.35. The highest BCUT2D eigenvalue weighted by molar-refractivity contribution is 5.98. The number of benzene rings is 1. The molecular formula is C19H24N2O5. The lowest BCUT2D eigenvalue weighted by molar-refractivity contribution is 0.0600. The lowest BCUT2D eigenvalue weighted by atomic mass is 10.0. The molecule has 0 aliphatic carbocycles. The van der Waals surface area contributed by atoms with E-state index in [-0.39, 0.29) is 24.1 Å². The third-order valence-electron chi connectivity index (χ3n) is 5.08. The summed E-state index contributed by atoms with van der Waals surface area (Å²) < 4.78 is 10.0. The molecule has 7 nitrogen and oxygen atoms in total. The molecule has 0 bridgehead atoms. The largest absolute Gasteiger partial charge is 0.465 e. The van der Waals surface area contributed by atoms with Gasteiger partial charge in [-0.3, -0.25) is 4.79 Å². The Kier molecular flexibility index (Phi) is 5.44. The second-order valence-electron chi connectivity index (χ2n) is 6.66. The number of carbonyl (C=O) groups excluding carboxylic acids is 3. The van der Waals surface area contributed by atoms with Crippen molar-refractivity contribution >= 4 is 18.0 Å². The van der Waals surface area contributed by atoms with Gasteiger partial charge in [-0.2, -0.15) is 0 Å². The highest BCUT2D eigenvalue weighted by atomic mass is 16.6. The Hall–Kier alpha value is -2.57. The second-order valence-corrected chi connectivity index (χ2v) is 6.66. The molecule has 0 saturated carbocycles. The van der Waals surface area contributed by atoms with Crippen LogP contribution >= 0.6 is 0 Å². The standard InChI is InChI=1S/C19H24N2O5/c1-3-16-12-21(19(24)26-16)15-7-9-20(10-8-15)17(22)13-5-4-6-14(11-13)18(23)25-2/h4-6,11,15-16H,3,7-10,12H2,1-2H3. The van der Waals surface area contributed by atoms with Crippen LogP contribution in [0.2, 0.25) is 0 Å². The number of hydrogen-bond donors (Lipinski definition) is 0. The van der Waals surface area contributed by atoms with Crippen molar-refractivity contribution in [1.29, 1.82) is 0 Å². The second kappa shape index (κ2) is 7.76. The normalized spacial score (nSPS) is 20.8. The number of esters is 1. The van der Waals surface area contributed by atoms with Crippen LogP contribution in [0.3, 0.4) is 0 Å². The molecule has 2 aliphatic heterocycles. The number of amides is 2. The number of likely N-dealkylation sites (tertiary alicyclic amines) is 1. The molecule has 1 aromatic rings. The molecule has 2 amide bonds. The molecule has 0 spiro atoms. The fraction of sp³-hybridized carbons (Fsp3) is 0.526. The number of hydrogen-bond acceptors (Lipinski definition) is 5. The van der Waals surface area contributed by atoms with E-state index in [1.54, 1.807) is 34.1 Å². The third-order valence-corrected chi connectivity index (χ3v) is 5.08. The minimum absolute atomic E-state index is 0.0248. The number of carbonyl (C=O) groups is 3. The summed E-state index contributed by atoms with van der Waals surface area (Å²) in [6.45, 7) is 3.79. The summed E-state index contributed by atoms with van der Waals surface area (Å²) in [5.41, 5.74) is 0.830. The first-order valence-electron chi connectivity index (χ1n) is 8.98. The number of nitrogens with zero attached hydrogens (tertiary/aromatic N) is 2. The molecule has 140 valence electrons. The van der Waals surface area contributed by atoms with Gasteiger partial charge < -0.3 is 19.3 Å². The maximum absolute atomic E-state index is 12.7. The quantitative estimate of drug-likeness (QED) is 0.770. The van der Waals surface area contributed by atoms with Crippen LogP contribution in [0.5, 0.6) is 0 Å². The van der Waals surface area contributed by atoms with Crippen molar-refractivity contribution in [3.63, 3.8) is 0 Å². The molecule has 2 fully saturated rings. The van der Waals surface area contributed by atoms with Crippen LogP contribution in [0.1, 0.15) is 46.9 Å². The summed E-state index contributed by atoms with van der Waals surface area (Å²) >= 11 is 0. The monoisotopic (exact) mass is 360 g/mol. The SMILES string of the molecule is CCC1CN(C2CCN(C(=O)c3cccc(C(=O)OC)c3)CC2)C(=O)O1. The summed E-state index contributed by atoms with van der Waals surface area (Å²) in [6, 6.07) is 6.67. The van der Waals surface area contributed by atoms with Gasteiger partial charge in [0, 0.05) is 24.7 Å². The molecule has 2 aliphatic rings. The average molecular weight is 360 g/mol. The summed E-state index contributed by atoms with van der Waals surface area (Å²) in [5, 5.41) is 0. The molecular weight excluding hydrogens is 336 g/mol. The van der Waals surface area contributed by atoms with E-state index in [0.29, 0.717) is 30.8 Å². The van der Waals surface area contributed by atoms with Crippen molar-refractivity contribution in [1.82, 2.24) is 9.80 Å². The van der Waals surface area contributed by atoms with E-state index < -0.39 is 5.97 Å². The number of ether oxygens (including phenoxy) is 2. The molecule has 0 radical (unpaired) electrons. The van der Waals surface area contributed by atoms with Crippen molar-refractivity contribution in [2.24, 2.45) is 0 Å². The van der Waals surface area contributed by atoms with Gasteiger partial charge in [-0.1, -0.05) is 13.0 Å². The fourth-order valence-electron chi connectivity index (χ4n) is 3.51. The number of rotatable bonds is 4. The maximum Gasteiger partial charge on any atom is 0.410 e. The zero-order valence-corrected chi connectivity index (χ0v) is 15.1. The molecule has 2 saturated heterocycles. The van der Waals surface area contributed by atoms with Crippen LogP contribution in [0.4, 0.5) is 4.79 Å². The molecule has 1 atom stereocenters. The van der Waals surface area contributed by atoms with Crippen molar-refractivity contribution in [2.75, 3.05) is 26.7 Å². The van der Waals surface area contributed by atoms with Crippen LogP contribution in [-0.4, -0.2) is 66.7 Å². The predicted molar refractivity (Wildman–Crippen MR) is 94.0 cm³/mol. The van der Waals surface area contributed by atoms with Crippen LogP contribution < -0.4 is 0 Å².